The van der Waals surface area contributed by atoms with Crippen LogP contribution in [0.3, 0.4) is 0 Å². The van der Waals surface area contributed by atoms with Crippen molar-refractivity contribution in [3.8, 4) is 0 Å². The van der Waals surface area contributed by atoms with Gasteiger partial charge in [-0.15, -0.1) is 11.3 Å². The van der Waals surface area contributed by atoms with E-state index in [1.807, 2.05) is 16.0 Å². The monoisotopic (exact) mass is 348 g/mol. The average molecular weight is 348 g/mol. The number of ether oxygens (including phenoxy) is 1. The van der Waals surface area contributed by atoms with Crippen LogP contribution in [0.5, 0.6) is 0 Å². The predicted molar refractivity (Wildman–Crippen MR) is 91.9 cm³/mol. The third kappa shape index (κ3) is 3.76. The molecule has 0 unspecified atom stereocenters. The molecule has 0 bridgehead atoms. The molecule has 7 nitrogen and oxygen atoms in total. The minimum Gasteiger partial charge on any atom is -0.450 e. The molecule has 1 N–H and O–H groups in total. The van der Waals surface area contributed by atoms with E-state index in [0.717, 1.165) is 23.5 Å². The molecule has 2 amide bonds. The Balaban J connectivity index is 1.48. The van der Waals surface area contributed by atoms with Gasteiger partial charge in [0.25, 0.3) is 0 Å². The lowest BCUT2D eigenvalue weighted by Gasteiger charge is -2.31. The Bertz CT molecular complexity index is 743. The van der Waals surface area contributed by atoms with Gasteiger partial charge in [-0.05, 0) is 25.8 Å². The van der Waals surface area contributed by atoms with Gasteiger partial charge in [0.2, 0.25) is 5.91 Å². The lowest BCUT2D eigenvalue weighted by molar-refractivity contribution is -0.117. The van der Waals surface area contributed by atoms with E-state index < -0.39 is 0 Å². The van der Waals surface area contributed by atoms with Crippen LogP contribution < -0.4 is 5.32 Å². The Morgan fingerprint density at radius 3 is 3.00 bits per heavy atom. The van der Waals surface area contributed by atoms with Gasteiger partial charge in [-0.1, -0.05) is 0 Å². The van der Waals surface area contributed by atoms with Crippen LogP contribution in [0.1, 0.15) is 25.5 Å². The first-order valence-corrected chi connectivity index (χ1v) is 8.86. The van der Waals surface area contributed by atoms with Crippen molar-refractivity contribution >= 4 is 34.4 Å². The molecular formula is C16H20N4O3S. The molecule has 3 rings (SSSR count). The molecule has 3 heterocycles. The first-order chi connectivity index (χ1) is 11.7. The molecule has 2 aromatic heterocycles. The van der Waals surface area contributed by atoms with Crippen LogP contribution in [-0.2, 0) is 9.53 Å². The molecule has 24 heavy (non-hydrogen) atoms. The average Bonchev–Trinajstić information content (AvgIpc) is 3.17. The van der Waals surface area contributed by atoms with Gasteiger partial charge in [-0.2, -0.15) is 0 Å². The third-order valence-corrected chi connectivity index (χ3v) is 4.72. The Morgan fingerprint density at radius 2 is 2.25 bits per heavy atom. The van der Waals surface area contributed by atoms with Crippen molar-refractivity contribution < 1.29 is 14.3 Å². The zero-order valence-electron chi connectivity index (χ0n) is 13.5. The number of nitrogens with zero attached hydrogens (tertiary/aromatic N) is 3. The maximum absolute atomic E-state index is 12.1. The number of aromatic nitrogens is 2. The van der Waals surface area contributed by atoms with E-state index in [0.29, 0.717) is 19.7 Å². The van der Waals surface area contributed by atoms with Gasteiger partial charge < -0.3 is 15.0 Å². The molecule has 0 radical (unpaired) electrons. The molecule has 128 valence electrons. The number of fused-ring (bicyclic) bond motifs is 1. The number of nitrogens with one attached hydrogen (secondary N) is 1. The number of carbonyl (C=O) groups excluding carboxylic acids is 2. The summed E-state index contributed by atoms with van der Waals surface area (Å²) in [6.45, 7) is 3.38. The Hall–Kier alpha value is -2.35. The van der Waals surface area contributed by atoms with Crippen LogP contribution in [0.4, 0.5) is 4.79 Å². The smallest absolute Gasteiger partial charge is 0.409 e. The maximum Gasteiger partial charge on any atom is 0.409 e. The second-order valence-electron chi connectivity index (χ2n) is 5.54. The molecule has 1 aliphatic rings. The van der Waals surface area contributed by atoms with Crippen molar-refractivity contribution in [3.63, 3.8) is 0 Å². The highest BCUT2D eigenvalue weighted by Crippen LogP contribution is 2.14. The minimum atomic E-state index is -0.275. The highest BCUT2D eigenvalue weighted by Gasteiger charge is 2.24. The molecule has 1 aliphatic heterocycles. The molecular weight excluding hydrogens is 328 g/mol. The quantitative estimate of drug-likeness (QED) is 0.859. The van der Waals surface area contributed by atoms with Crippen molar-refractivity contribution in [1.29, 1.82) is 0 Å². The first kappa shape index (κ1) is 16.5. The van der Waals surface area contributed by atoms with Crippen molar-refractivity contribution in [2.45, 2.75) is 25.8 Å². The maximum atomic E-state index is 12.1. The van der Waals surface area contributed by atoms with Crippen molar-refractivity contribution in [2.75, 3.05) is 19.7 Å². The summed E-state index contributed by atoms with van der Waals surface area (Å²) in [5.41, 5.74) is 0.874. The van der Waals surface area contributed by atoms with Crippen LogP contribution in [0.15, 0.2) is 23.8 Å². The fourth-order valence-corrected chi connectivity index (χ4v) is 3.40. The number of imidazole rings is 1. The number of hydrogen-bond acceptors (Lipinski definition) is 5. The first-order valence-electron chi connectivity index (χ1n) is 7.98. The normalized spacial score (nSPS) is 16.0. The predicted octanol–water partition coefficient (Wildman–Crippen LogP) is 2.15. The highest BCUT2D eigenvalue weighted by atomic mass is 32.1. The zero-order chi connectivity index (χ0) is 16.9. The van der Waals surface area contributed by atoms with E-state index in [1.165, 1.54) is 6.08 Å². The van der Waals surface area contributed by atoms with Crippen molar-refractivity contribution in [1.82, 2.24) is 19.6 Å². The number of piperidine rings is 1. The molecule has 0 saturated carbocycles. The standard InChI is InChI=1S/C16H20N4O3S/c1-2-23-16(22)19-7-5-12(6-8-19)18-14(21)4-3-13-11-17-15-20(13)9-10-24-15/h3-4,9-12H,2,5-8H2,1H3,(H,18,21)/b4-3+. The molecule has 2 aromatic rings. The summed E-state index contributed by atoms with van der Waals surface area (Å²) < 4.78 is 6.92. The van der Waals surface area contributed by atoms with E-state index in [-0.39, 0.29) is 18.0 Å². The Labute approximate surface area is 143 Å². The lowest BCUT2D eigenvalue weighted by atomic mass is 10.1. The number of hydrogen-bond donors (Lipinski definition) is 1. The van der Waals surface area contributed by atoms with Crippen LogP contribution in [-0.4, -0.2) is 52.0 Å². The number of thiazole rings is 1. The van der Waals surface area contributed by atoms with Crippen LogP contribution in [0.25, 0.3) is 11.0 Å². The molecule has 1 saturated heterocycles. The summed E-state index contributed by atoms with van der Waals surface area (Å²) >= 11 is 1.55. The van der Waals surface area contributed by atoms with E-state index >= 15 is 0 Å². The number of rotatable bonds is 4. The number of amides is 2. The molecule has 0 aliphatic carbocycles. The molecule has 0 atom stereocenters. The van der Waals surface area contributed by atoms with Crippen molar-refractivity contribution in [2.24, 2.45) is 0 Å². The second kappa shape index (κ2) is 7.48. The SMILES string of the molecule is CCOC(=O)N1CCC(NC(=O)/C=C/c2cnc3sccn23)CC1. The van der Waals surface area contributed by atoms with Gasteiger partial charge in [0.15, 0.2) is 4.96 Å². The number of carbonyl (C=O) groups is 2. The van der Waals surface area contributed by atoms with E-state index in [1.54, 1.807) is 35.4 Å². The zero-order valence-corrected chi connectivity index (χ0v) is 14.3. The lowest BCUT2D eigenvalue weighted by Crippen LogP contribution is -2.46. The number of likely N-dealkylation sites (tertiary alicyclic amines) is 1. The van der Waals surface area contributed by atoms with Gasteiger partial charge in [0.05, 0.1) is 18.5 Å². The summed E-state index contributed by atoms with van der Waals surface area (Å²) in [6, 6.07) is 0.0828. The largest absolute Gasteiger partial charge is 0.450 e. The van der Waals surface area contributed by atoms with Gasteiger partial charge in [-0.25, -0.2) is 9.78 Å². The van der Waals surface area contributed by atoms with Gasteiger partial charge in [-0.3, -0.25) is 9.20 Å². The third-order valence-electron chi connectivity index (χ3n) is 3.95. The van der Waals surface area contributed by atoms with E-state index in [4.69, 9.17) is 4.74 Å². The van der Waals surface area contributed by atoms with Crippen LogP contribution in [0, 0.1) is 0 Å². The fourth-order valence-electron chi connectivity index (χ4n) is 2.70. The summed E-state index contributed by atoms with van der Waals surface area (Å²) in [7, 11) is 0. The van der Waals surface area contributed by atoms with Gasteiger partial charge >= 0.3 is 6.09 Å². The molecule has 0 aromatic carbocycles. The molecule has 0 spiro atoms. The highest BCUT2D eigenvalue weighted by molar-refractivity contribution is 7.15. The Morgan fingerprint density at radius 1 is 1.46 bits per heavy atom. The van der Waals surface area contributed by atoms with Crippen molar-refractivity contribution in [3.05, 3.63) is 29.5 Å². The Kier molecular flexibility index (Phi) is 5.14. The van der Waals surface area contributed by atoms with Gasteiger partial charge in [0, 0.05) is 36.8 Å². The summed E-state index contributed by atoms with van der Waals surface area (Å²) in [5.74, 6) is -0.130. The summed E-state index contributed by atoms with van der Waals surface area (Å²) in [6.07, 6.45) is 8.15. The van der Waals surface area contributed by atoms with Crippen LogP contribution in [0.2, 0.25) is 0 Å². The second-order valence-corrected chi connectivity index (χ2v) is 6.41. The minimum absolute atomic E-state index is 0.0828. The topological polar surface area (TPSA) is 75.9 Å². The van der Waals surface area contributed by atoms with E-state index in [9.17, 15) is 9.59 Å². The summed E-state index contributed by atoms with van der Waals surface area (Å²) in [5, 5.41) is 4.94. The summed E-state index contributed by atoms with van der Waals surface area (Å²) in [4.78, 5) is 30.6. The van der Waals surface area contributed by atoms with E-state index in [2.05, 4.69) is 10.3 Å². The molecule has 8 heteroatoms. The molecule has 1 fully saturated rings. The van der Waals surface area contributed by atoms with Gasteiger partial charge in [0.1, 0.15) is 0 Å². The van der Waals surface area contributed by atoms with Crippen LogP contribution >= 0.6 is 11.3 Å². The fraction of sp³-hybridized carbons (Fsp3) is 0.438.